The number of aryl methyl sites for hydroxylation is 2. The number of amides is 1. The average Bonchev–Trinajstić information content (AvgIpc) is 3.11. The number of carbonyl (C=O) groups is 1. The number of hydrogen-bond acceptors (Lipinski definition) is 5. The number of hydrogen-bond donors (Lipinski definition) is 2. The van der Waals surface area contributed by atoms with Gasteiger partial charge in [-0.3, -0.25) is 15.1 Å². The number of aromatic nitrogens is 2. The van der Waals surface area contributed by atoms with Crippen LogP contribution in [0.4, 0.5) is 5.69 Å². The first-order valence-electron chi connectivity index (χ1n) is 8.99. The summed E-state index contributed by atoms with van der Waals surface area (Å²) in [6, 6.07) is 14.8. The minimum absolute atomic E-state index is 0.212. The molecule has 2 aromatic carbocycles. The zero-order valence-corrected chi connectivity index (χ0v) is 16.7. The molecule has 2 heterocycles. The molecular formula is C22H18N4O2S. The molecule has 0 atom stereocenters. The van der Waals surface area contributed by atoms with Gasteiger partial charge < -0.3 is 9.73 Å². The van der Waals surface area contributed by atoms with Crippen molar-refractivity contribution in [3.05, 3.63) is 77.6 Å². The van der Waals surface area contributed by atoms with Crippen molar-refractivity contribution < 1.29 is 9.21 Å². The third-order valence-corrected chi connectivity index (χ3v) is 4.47. The monoisotopic (exact) mass is 402 g/mol. The van der Waals surface area contributed by atoms with E-state index < -0.39 is 0 Å². The van der Waals surface area contributed by atoms with Gasteiger partial charge in [-0.25, -0.2) is 4.98 Å². The lowest BCUT2D eigenvalue weighted by molar-refractivity contribution is 0.0977. The molecule has 0 aliphatic rings. The SMILES string of the molecule is Cc1cc(C)cc(C(=O)NC(=S)Nc2ccc3oc(-c4cccnc4)nc3c2)c1. The zero-order valence-electron chi connectivity index (χ0n) is 15.9. The maximum atomic E-state index is 12.5. The Labute approximate surface area is 173 Å². The highest BCUT2D eigenvalue weighted by Gasteiger charge is 2.11. The molecule has 2 aromatic heterocycles. The van der Waals surface area contributed by atoms with Gasteiger partial charge in [-0.15, -0.1) is 0 Å². The van der Waals surface area contributed by atoms with Crippen molar-refractivity contribution in [2.75, 3.05) is 5.32 Å². The van der Waals surface area contributed by atoms with Gasteiger partial charge in [0, 0.05) is 23.6 Å². The van der Waals surface area contributed by atoms with E-state index in [1.807, 2.05) is 56.3 Å². The number of anilines is 1. The van der Waals surface area contributed by atoms with Gasteiger partial charge in [0.15, 0.2) is 10.7 Å². The number of carbonyl (C=O) groups excluding carboxylic acids is 1. The van der Waals surface area contributed by atoms with Crippen molar-refractivity contribution in [1.29, 1.82) is 0 Å². The first kappa shape index (κ1) is 18.8. The van der Waals surface area contributed by atoms with E-state index in [0.717, 1.165) is 16.7 Å². The van der Waals surface area contributed by atoms with Crippen LogP contribution in [0.5, 0.6) is 0 Å². The Kier molecular flexibility index (Phi) is 5.05. The van der Waals surface area contributed by atoms with Crippen LogP contribution in [0.15, 0.2) is 65.3 Å². The summed E-state index contributed by atoms with van der Waals surface area (Å²) < 4.78 is 5.78. The molecule has 2 N–H and O–H groups in total. The fraction of sp³-hybridized carbons (Fsp3) is 0.0909. The molecule has 0 saturated carbocycles. The van der Waals surface area contributed by atoms with E-state index in [9.17, 15) is 4.79 Å². The molecule has 0 radical (unpaired) electrons. The molecule has 4 rings (SSSR count). The number of rotatable bonds is 3. The van der Waals surface area contributed by atoms with Crippen LogP contribution in [0.3, 0.4) is 0 Å². The van der Waals surface area contributed by atoms with Crippen LogP contribution in [-0.4, -0.2) is 21.0 Å². The smallest absolute Gasteiger partial charge is 0.257 e. The van der Waals surface area contributed by atoms with E-state index in [1.165, 1.54) is 0 Å². The lowest BCUT2D eigenvalue weighted by Crippen LogP contribution is -2.34. The summed E-state index contributed by atoms with van der Waals surface area (Å²) in [7, 11) is 0. The van der Waals surface area contributed by atoms with Crippen molar-refractivity contribution in [1.82, 2.24) is 15.3 Å². The number of fused-ring (bicyclic) bond motifs is 1. The summed E-state index contributed by atoms with van der Waals surface area (Å²) in [5.74, 6) is 0.242. The molecular weight excluding hydrogens is 384 g/mol. The molecule has 0 saturated heterocycles. The second kappa shape index (κ2) is 7.81. The molecule has 144 valence electrons. The second-order valence-corrected chi connectivity index (χ2v) is 7.14. The Morgan fingerprint density at radius 2 is 1.86 bits per heavy atom. The second-order valence-electron chi connectivity index (χ2n) is 6.73. The predicted molar refractivity (Wildman–Crippen MR) is 117 cm³/mol. The molecule has 0 spiro atoms. The van der Waals surface area contributed by atoms with E-state index in [0.29, 0.717) is 28.2 Å². The van der Waals surface area contributed by atoms with Crippen LogP contribution < -0.4 is 10.6 Å². The lowest BCUT2D eigenvalue weighted by Gasteiger charge is -2.10. The molecule has 0 aliphatic heterocycles. The van der Waals surface area contributed by atoms with Crippen LogP contribution in [0.2, 0.25) is 0 Å². The highest BCUT2D eigenvalue weighted by molar-refractivity contribution is 7.80. The average molecular weight is 402 g/mol. The minimum atomic E-state index is -0.254. The molecule has 0 unspecified atom stereocenters. The lowest BCUT2D eigenvalue weighted by atomic mass is 10.1. The van der Waals surface area contributed by atoms with Crippen LogP contribution in [0.25, 0.3) is 22.6 Å². The summed E-state index contributed by atoms with van der Waals surface area (Å²) in [4.78, 5) is 21.0. The van der Waals surface area contributed by atoms with Crippen molar-refractivity contribution >= 4 is 40.0 Å². The maximum Gasteiger partial charge on any atom is 0.257 e. The largest absolute Gasteiger partial charge is 0.436 e. The Bertz CT molecular complexity index is 1200. The minimum Gasteiger partial charge on any atom is -0.436 e. The van der Waals surface area contributed by atoms with E-state index in [4.69, 9.17) is 16.6 Å². The van der Waals surface area contributed by atoms with E-state index >= 15 is 0 Å². The van der Waals surface area contributed by atoms with E-state index in [-0.39, 0.29) is 11.0 Å². The Morgan fingerprint density at radius 1 is 1.07 bits per heavy atom. The van der Waals surface area contributed by atoms with Gasteiger partial charge in [0.05, 0.1) is 5.56 Å². The number of benzene rings is 2. The first-order valence-corrected chi connectivity index (χ1v) is 9.40. The fourth-order valence-corrected chi connectivity index (χ4v) is 3.27. The van der Waals surface area contributed by atoms with Crippen LogP contribution in [0, 0.1) is 13.8 Å². The topological polar surface area (TPSA) is 80.0 Å². The summed E-state index contributed by atoms with van der Waals surface area (Å²) >= 11 is 5.29. The molecule has 0 aliphatic carbocycles. The van der Waals surface area contributed by atoms with Gasteiger partial charge in [-0.1, -0.05) is 17.2 Å². The molecule has 0 fully saturated rings. The van der Waals surface area contributed by atoms with Crippen LogP contribution in [0.1, 0.15) is 21.5 Å². The van der Waals surface area contributed by atoms with E-state index in [1.54, 1.807) is 18.5 Å². The van der Waals surface area contributed by atoms with Crippen LogP contribution >= 0.6 is 12.2 Å². The number of nitrogens with zero attached hydrogens (tertiary/aromatic N) is 2. The summed E-state index contributed by atoms with van der Waals surface area (Å²) in [5.41, 5.74) is 5.45. The summed E-state index contributed by atoms with van der Waals surface area (Å²) in [5, 5.41) is 5.94. The van der Waals surface area contributed by atoms with Gasteiger partial charge in [0.1, 0.15) is 5.52 Å². The molecule has 29 heavy (non-hydrogen) atoms. The Balaban J connectivity index is 1.48. The quantitative estimate of drug-likeness (QED) is 0.486. The molecule has 4 aromatic rings. The normalized spacial score (nSPS) is 10.7. The molecule has 6 nitrogen and oxygen atoms in total. The standard InChI is InChI=1S/C22H18N4O2S/c1-13-8-14(2)10-16(9-13)20(27)26-22(29)24-17-5-6-19-18(11-17)25-21(28-19)15-4-3-7-23-12-15/h3-12H,1-2H3,(H2,24,26,27,29). The van der Waals surface area contributed by atoms with Gasteiger partial charge in [-0.2, -0.15) is 0 Å². The van der Waals surface area contributed by atoms with Gasteiger partial charge in [0.2, 0.25) is 5.89 Å². The number of nitrogens with one attached hydrogen (secondary N) is 2. The van der Waals surface area contributed by atoms with Crippen molar-refractivity contribution in [3.63, 3.8) is 0 Å². The third kappa shape index (κ3) is 4.30. The number of thiocarbonyl (C=S) groups is 1. The van der Waals surface area contributed by atoms with Crippen molar-refractivity contribution in [2.45, 2.75) is 13.8 Å². The Hall–Kier alpha value is -3.58. The van der Waals surface area contributed by atoms with Crippen LogP contribution in [-0.2, 0) is 0 Å². The molecule has 0 bridgehead atoms. The van der Waals surface area contributed by atoms with Gasteiger partial charge in [-0.05, 0) is 68.5 Å². The third-order valence-electron chi connectivity index (χ3n) is 4.26. The fourth-order valence-electron chi connectivity index (χ4n) is 3.06. The number of oxazole rings is 1. The highest BCUT2D eigenvalue weighted by Crippen LogP contribution is 2.25. The molecule has 1 amide bonds. The Morgan fingerprint density at radius 3 is 2.59 bits per heavy atom. The highest BCUT2D eigenvalue weighted by atomic mass is 32.1. The first-order chi connectivity index (χ1) is 14.0. The zero-order chi connectivity index (χ0) is 20.4. The van der Waals surface area contributed by atoms with Crippen molar-refractivity contribution in [2.24, 2.45) is 0 Å². The van der Waals surface area contributed by atoms with Gasteiger partial charge in [0.25, 0.3) is 5.91 Å². The molecule has 7 heteroatoms. The van der Waals surface area contributed by atoms with Crippen molar-refractivity contribution in [3.8, 4) is 11.5 Å². The predicted octanol–water partition coefficient (Wildman–Crippen LogP) is 4.63. The van der Waals surface area contributed by atoms with Gasteiger partial charge >= 0.3 is 0 Å². The van der Waals surface area contributed by atoms with E-state index in [2.05, 4.69) is 20.6 Å². The maximum absolute atomic E-state index is 12.5. The summed E-state index contributed by atoms with van der Waals surface area (Å²) in [6.45, 7) is 3.90. The number of pyridine rings is 1. The summed E-state index contributed by atoms with van der Waals surface area (Å²) in [6.07, 6.45) is 3.39.